The summed E-state index contributed by atoms with van der Waals surface area (Å²) in [6, 6.07) is 0. The summed E-state index contributed by atoms with van der Waals surface area (Å²) in [6.07, 6.45) is 3.39. The van der Waals surface area contributed by atoms with Crippen molar-refractivity contribution in [1.29, 1.82) is 5.26 Å². The van der Waals surface area contributed by atoms with Crippen LogP contribution in [0.4, 0.5) is 0 Å². The number of hydrogen-bond donors (Lipinski definition) is 1. The average Bonchev–Trinajstić information content (AvgIpc) is 2.31. The zero-order valence-electron chi connectivity index (χ0n) is 5.57. The van der Waals surface area contributed by atoms with Gasteiger partial charge in [0.15, 0.2) is 12.0 Å². The van der Waals surface area contributed by atoms with E-state index in [9.17, 15) is 0 Å². The van der Waals surface area contributed by atoms with Gasteiger partial charge in [0.1, 0.15) is 6.33 Å². The van der Waals surface area contributed by atoms with Gasteiger partial charge in [0, 0.05) is 7.05 Å². The van der Waals surface area contributed by atoms with Crippen molar-refractivity contribution in [2.45, 2.75) is 6.54 Å². The molecule has 5 heteroatoms. The summed E-state index contributed by atoms with van der Waals surface area (Å²) < 4.78 is 1.75. The predicted octanol–water partition coefficient (Wildman–Crippen LogP) is -0.614. The topological polar surface area (TPSA) is 66.5 Å². The van der Waals surface area contributed by atoms with Crippen molar-refractivity contribution in [3.8, 4) is 6.19 Å². The van der Waals surface area contributed by atoms with Crippen LogP contribution in [0.25, 0.3) is 0 Å². The molecule has 0 radical (unpaired) electrons. The molecule has 0 aliphatic heterocycles. The second-order valence-electron chi connectivity index (χ2n) is 1.82. The lowest BCUT2D eigenvalue weighted by molar-refractivity contribution is 0.738. The van der Waals surface area contributed by atoms with E-state index < -0.39 is 0 Å². The van der Waals surface area contributed by atoms with Gasteiger partial charge in [-0.3, -0.25) is 0 Å². The molecule has 0 aromatic carbocycles. The van der Waals surface area contributed by atoms with Gasteiger partial charge in [0.2, 0.25) is 0 Å². The van der Waals surface area contributed by atoms with Crippen LogP contribution in [0.3, 0.4) is 0 Å². The summed E-state index contributed by atoms with van der Waals surface area (Å²) in [5.74, 6) is 0.751. The standard InChI is InChI=1S/C5H7N5/c1-10-4-8-9-5(10)2-7-3-6/h4,7H,2H2,1H3. The zero-order chi connectivity index (χ0) is 7.40. The third kappa shape index (κ3) is 1.23. The molecule has 0 aliphatic rings. The fourth-order valence-corrected chi connectivity index (χ4v) is 0.586. The molecule has 0 aliphatic carbocycles. The lowest BCUT2D eigenvalue weighted by Gasteiger charge is -1.94. The number of nitriles is 1. The summed E-state index contributed by atoms with van der Waals surface area (Å²) >= 11 is 0. The SMILES string of the molecule is Cn1cnnc1CNC#N. The Labute approximate surface area is 58.3 Å². The first kappa shape index (κ1) is 6.55. The molecule has 0 saturated carbocycles. The van der Waals surface area contributed by atoms with Crippen molar-refractivity contribution in [2.24, 2.45) is 7.05 Å². The average molecular weight is 137 g/mol. The van der Waals surface area contributed by atoms with E-state index in [1.165, 1.54) is 0 Å². The van der Waals surface area contributed by atoms with E-state index in [1.807, 2.05) is 7.05 Å². The van der Waals surface area contributed by atoms with Crippen LogP contribution < -0.4 is 5.32 Å². The maximum absolute atomic E-state index is 8.14. The number of nitrogens with one attached hydrogen (secondary N) is 1. The first-order valence-corrected chi connectivity index (χ1v) is 2.79. The molecule has 10 heavy (non-hydrogen) atoms. The quantitative estimate of drug-likeness (QED) is 0.436. The molecule has 1 rings (SSSR count). The highest BCUT2D eigenvalue weighted by Gasteiger charge is 1.96. The van der Waals surface area contributed by atoms with Gasteiger partial charge in [0.25, 0.3) is 0 Å². The predicted molar refractivity (Wildman–Crippen MR) is 33.5 cm³/mol. The third-order valence-electron chi connectivity index (χ3n) is 1.13. The minimum Gasteiger partial charge on any atom is -0.319 e. The number of aromatic nitrogens is 3. The number of hydrogen-bond acceptors (Lipinski definition) is 4. The van der Waals surface area contributed by atoms with Gasteiger partial charge < -0.3 is 9.88 Å². The van der Waals surface area contributed by atoms with Gasteiger partial charge in [-0.25, -0.2) is 0 Å². The van der Waals surface area contributed by atoms with Crippen LogP contribution >= 0.6 is 0 Å². The third-order valence-corrected chi connectivity index (χ3v) is 1.13. The number of nitrogens with zero attached hydrogens (tertiary/aromatic N) is 4. The van der Waals surface area contributed by atoms with E-state index >= 15 is 0 Å². The molecule has 0 amide bonds. The van der Waals surface area contributed by atoms with Crippen LogP contribution in [0.15, 0.2) is 6.33 Å². The van der Waals surface area contributed by atoms with Crippen molar-refractivity contribution < 1.29 is 0 Å². The summed E-state index contributed by atoms with van der Waals surface area (Å²) in [6.45, 7) is 0.438. The highest BCUT2D eigenvalue weighted by atomic mass is 15.3. The van der Waals surface area contributed by atoms with Gasteiger partial charge in [-0.05, 0) is 0 Å². The second kappa shape index (κ2) is 2.82. The monoisotopic (exact) mass is 137 g/mol. The van der Waals surface area contributed by atoms with Crippen LogP contribution in [-0.4, -0.2) is 14.8 Å². The Morgan fingerprint density at radius 2 is 2.70 bits per heavy atom. The van der Waals surface area contributed by atoms with Crippen molar-refractivity contribution in [1.82, 2.24) is 20.1 Å². The van der Waals surface area contributed by atoms with E-state index in [-0.39, 0.29) is 0 Å². The molecule has 1 N–H and O–H groups in total. The van der Waals surface area contributed by atoms with Gasteiger partial charge in [-0.2, -0.15) is 5.26 Å². The number of rotatable bonds is 2. The Kier molecular flexibility index (Phi) is 1.85. The fourth-order valence-electron chi connectivity index (χ4n) is 0.586. The van der Waals surface area contributed by atoms with Gasteiger partial charge in [-0.1, -0.05) is 0 Å². The molecule has 0 unspecified atom stereocenters. The van der Waals surface area contributed by atoms with Crippen molar-refractivity contribution >= 4 is 0 Å². The largest absolute Gasteiger partial charge is 0.319 e. The molecule has 52 valence electrons. The van der Waals surface area contributed by atoms with Crippen LogP contribution in [0.5, 0.6) is 0 Å². The molecule has 1 aromatic heterocycles. The minimum absolute atomic E-state index is 0.438. The molecule has 0 fully saturated rings. The van der Waals surface area contributed by atoms with E-state index in [2.05, 4.69) is 15.5 Å². The van der Waals surface area contributed by atoms with Crippen molar-refractivity contribution in [3.05, 3.63) is 12.2 Å². The van der Waals surface area contributed by atoms with Gasteiger partial charge >= 0.3 is 0 Å². The van der Waals surface area contributed by atoms with Crippen molar-refractivity contribution in [2.75, 3.05) is 0 Å². The Hall–Kier alpha value is -1.57. The molecule has 5 nitrogen and oxygen atoms in total. The lowest BCUT2D eigenvalue weighted by atomic mass is 10.6. The normalized spacial score (nSPS) is 8.80. The van der Waals surface area contributed by atoms with E-state index in [0.29, 0.717) is 6.54 Å². The minimum atomic E-state index is 0.438. The smallest absolute Gasteiger partial charge is 0.176 e. The van der Waals surface area contributed by atoms with E-state index in [4.69, 9.17) is 5.26 Å². The summed E-state index contributed by atoms with van der Waals surface area (Å²) in [5, 5.41) is 18.0. The first-order chi connectivity index (χ1) is 4.84. The molecule has 0 spiro atoms. The Morgan fingerprint density at radius 1 is 1.90 bits per heavy atom. The Morgan fingerprint density at radius 3 is 3.20 bits per heavy atom. The van der Waals surface area contributed by atoms with Crippen LogP contribution in [0.2, 0.25) is 0 Å². The number of aryl methyl sites for hydroxylation is 1. The van der Waals surface area contributed by atoms with Crippen molar-refractivity contribution in [3.63, 3.8) is 0 Å². The summed E-state index contributed by atoms with van der Waals surface area (Å²) in [5.41, 5.74) is 0. The summed E-state index contributed by atoms with van der Waals surface area (Å²) in [7, 11) is 1.83. The van der Waals surface area contributed by atoms with Gasteiger partial charge in [-0.15, -0.1) is 10.2 Å². The second-order valence-corrected chi connectivity index (χ2v) is 1.82. The molecule has 0 bridgehead atoms. The lowest BCUT2D eigenvalue weighted by Crippen LogP contribution is -2.09. The van der Waals surface area contributed by atoms with Crippen LogP contribution in [0, 0.1) is 11.5 Å². The fraction of sp³-hybridized carbons (Fsp3) is 0.400. The van der Waals surface area contributed by atoms with Crippen LogP contribution in [-0.2, 0) is 13.6 Å². The van der Waals surface area contributed by atoms with Crippen LogP contribution in [0.1, 0.15) is 5.82 Å². The Balaban J connectivity index is 2.59. The molecule has 0 saturated heterocycles. The maximum Gasteiger partial charge on any atom is 0.176 e. The molecule has 1 aromatic rings. The highest BCUT2D eigenvalue weighted by molar-refractivity contribution is 4.85. The van der Waals surface area contributed by atoms with Gasteiger partial charge in [0.05, 0.1) is 6.54 Å². The van der Waals surface area contributed by atoms with E-state index in [1.54, 1.807) is 17.1 Å². The summed E-state index contributed by atoms with van der Waals surface area (Å²) in [4.78, 5) is 0. The first-order valence-electron chi connectivity index (χ1n) is 2.79. The molecule has 0 atom stereocenters. The molecular formula is C5H7N5. The zero-order valence-corrected chi connectivity index (χ0v) is 5.57. The molecular weight excluding hydrogens is 130 g/mol. The maximum atomic E-state index is 8.14. The Bertz CT molecular complexity index is 245. The van der Waals surface area contributed by atoms with E-state index in [0.717, 1.165) is 5.82 Å². The molecule has 1 heterocycles. The highest BCUT2D eigenvalue weighted by Crippen LogP contribution is 1.87.